The molecule has 6 aromatic rings. The van der Waals surface area contributed by atoms with Gasteiger partial charge in [-0.3, -0.25) is 19.5 Å². The summed E-state index contributed by atoms with van der Waals surface area (Å²) >= 11 is 12.0. The first kappa shape index (κ1) is 44.5. The molecule has 0 radical (unpaired) electrons. The van der Waals surface area contributed by atoms with Crippen LogP contribution in [0.3, 0.4) is 0 Å². The van der Waals surface area contributed by atoms with E-state index in [1.807, 2.05) is 171 Å². The van der Waals surface area contributed by atoms with Crippen LogP contribution in [0.5, 0.6) is 0 Å². The summed E-state index contributed by atoms with van der Waals surface area (Å²) in [4.78, 5) is 33.5. The van der Waals surface area contributed by atoms with Crippen LogP contribution in [0.2, 0.25) is 10.0 Å². The van der Waals surface area contributed by atoms with Crippen molar-refractivity contribution >= 4 is 64.7 Å². The van der Waals surface area contributed by atoms with Crippen LogP contribution < -0.4 is 5.32 Å². The van der Waals surface area contributed by atoms with Crippen molar-refractivity contribution in [1.82, 2.24) is 10.2 Å². The SMILES string of the molecule is C=C(CN(C)Cc1ccccc1)C(=O)C(Cc1ccc(Cl)cc1)c1ccccc1.Cl.O=C(/C(=C/c1ccc(Cl)cc1)c1ccccc1)C1CN=C(c2ccccc2)NC1. The molecule has 1 aliphatic rings. The van der Waals surface area contributed by atoms with E-state index < -0.39 is 0 Å². The Kier molecular flexibility index (Phi) is 17.0. The average molecular weight is 841 g/mol. The van der Waals surface area contributed by atoms with Gasteiger partial charge in [0.25, 0.3) is 0 Å². The lowest BCUT2D eigenvalue weighted by Crippen LogP contribution is -2.40. The molecule has 7 rings (SSSR count). The first-order valence-electron chi connectivity index (χ1n) is 19.4. The first-order valence-corrected chi connectivity index (χ1v) is 20.1. The van der Waals surface area contributed by atoms with Gasteiger partial charge >= 0.3 is 0 Å². The van der Waals surface area contributed by atoms with Crippen molar-refractivity contribution in [3.8, 4) is 0 Å². The Hall–Kier alpha value is -5.56. The van der Waals surface area contributed by atoms with Crippen molar-refractivity contribution in [2.24, 2.45) is 10.9 Å². The maximum Gasteiger partial charge on any atom is 0.170 e. The summed E-state index contributed by atoms with van der Waals surface area (Å²) in [5, 5.41) is 4.70. The highest BCUT2D eigenvalue weighted by atomic mass is 35.5. The van der Waals surface area contributed by atoms with E-state index in [-0.39, 0.29) is 35.8 Å². The van der Waals surface area contributed by atoms with Crippen LogP contribution >= 0.6 is 35.6 Å². The molecule has 1 N–H and O–H groups in total. The fourth-order valence-corrected chi connectivity index (χ4v) is 7.12. The number of benzene rings is 6. The second-order valence-electron chi connectivity index (χ2n) is 14.4. The number of carbonyl (C=O) groups is 2. The topological polar surface area (TPSA) is 61.8 Å². The molecule has 300 valence electrons. The third-order valence-electron chi connectivity index (χ3n) is 9.91. The van der Waals surface area contributed by atoms with Gasteiger partial charge in [-0.15, -0.1) is 12.4 Å². The number of ketones is 2. The Morgan fingerprint density at radius 2 is 1.29 bits per heavy atom. The van der Waals surface area contributed by atoms with Gasteiger partial charge in [0, 0.05) is 46.4 Å². The molecule has 5 nitrogen and oxygen atoms in total. The van der Waals surface area contributed by atoms with Gasteiger partial charge in [0.2, 0.25) is 0 Å². The Morgan fingerprint density at radius 3 is 1.86 bits per heavy atom. The van der Waals surface area contributed by atoms with Crippen molar-refractivity contribution in [3.05, 3.63) is 225 Å². The molecule has 0 amide bonds. The summed E-state index contributed by atoms with van der Waals surface area (Å²) < 4.78 is 0. The standard InChI is InChI=1S/C26H26ClNO.C25H21ClN2O.ClH/c1-20(18-28(2)19-22-9-5-3-6-10-22)26(29)25(23-11-7-4-8-12-23)17-21-13-15-24(27)16-14-21;26-22-13-11-18(12-14-22)15-23(19-7-3-1-4-8-19)24(29)21-16-27-25(28-17-21)20-9-5-2-6-10-20;/h3-16,25H,1,17-19H2,2H3;1-15,21H,16-17H2,(H,27,28);1H/b;23-15+;. The van der Waals surface area contributed by atoms with E-state index >= 15 is 0 Å². The van der Waals surface area contributed by atoms with Gasteiger partial charge in [-0.25, -0.2) is 0 Å². The monoisotopic (exact) mass is 839 g/mol. The van der Waals surface area contributed by atoms with Gasteiger partial charge in [-0.2, -0.15) is 0 Å². The molecule has 59 heavy (non-hydrogen) atoms. The highest BCUT2D eigenvalue weighted by Gasteiger charge is 2.27. The molecule has 0 saturated carbocycles. The number of Topliss-reactive ketones (excluding diaryl/α,β-unsaturated/α-hetero) is 2. The lowest BCUT2D eigenvalue weighted by Gasteiger charge is -2.23. The molecule has 2 unspecified atom stereocenters. The Morgan fingerprint density at radius 1 is 0.746 bits per heavy atom. The van der Waals surface area contributed by atoms with Gasteiger partial charge in [0.05, 0.1) is 18.4 Å². The zero-order valence-corrected chi connectivity index (χ0v) is 35.3. The smallest absolute Gasteiger partial charge is 0.170 e. The maximum absolute atomic E-state index is 13.4. The van der Waals surface area contributed by atoms with E-state index in [2.05, 4.69) is 33.9 Å². The van der Waals surface area contributed by atoms with E-state index in [9.17, 15) is 9.59 Å². The zero-order valence-electron chi connectivity index (χ0n) is 33.0. The number of carbonyl (C=O) groups excluding carboxylic acids is 2. The summed E-state index contributed by atoms with van der Waals surface area (Å²) in [5.74, 6) is 0.564. The number of halogens is 3. The van der Waals surface area contributed by atoms with Gasteiger partial charge in [0.1, 0.15) is 5.84 Å². The second kappa shape index (κ2) is 22.6. The number of nitrogens with zero attached hydrogens (tertiary/aromatic N) is 2. The zero-order chi connectivity index (χ0) is 40.7. The predicted octanol–water partition coefficient (Wildman–Crippen LogP) is 11.5. The number of amidine groups is 1. The number of allylic oxidation sites excluding steroid dienone is 1. The highest BCUT2D eigenvalue weighted by Crippen LogP contribution is 2.27. The number of hydrogen-bond donors (Lipinski definition) is 1. The minimum atomic E-state index is -0.255. The minimum absolute atomic E-state index is 0. The average Bonchev–Trinajstić information content (AvgIpc) is 3.27. The lowest BCUT2D eigenvalue weighted by molar-refractivity contribution is -0.117. The second-order valence-corrected chi connectivity index (χ2v) is 15.3. The quantitative estimate of drug-likeness (QED) is 0.0877. The number of nitrogens with one attached hydrogen (secondary N) is 1. The van der Waals surface area contributed by atoms with Gasteiger partial charge < -0.3 is 5.32 Å². The normalized spacial score (nSPS) is 14.1. The summed E-state index contributed by atoms with van der Waals surface area (Å²) in [6.45, 7) is 6.48. The summed E-state index contributed by atoms with van der Waals surface area (Å²) in [6, 6.07) is 55.2. The van der Waals surface area contributed by atoms with E-state index in [4.69, 9.17) is 23.2 Å². The number of rotatable bonds is 14. The summed E-state index contributed by atoms with van der Waals surface area (Å²) in [5.41, 5.74) is 7.53. The Balaban J connectivity index is 0.000000220. The Bertz CT molecular complexity index is 2320. The fraction of sp³-hybridized carbons (Fsp3) is 0.157. The molecule has 0 bridgehead atoms. The number of aliphatic imine (C=N–C) groups is 1. The molecule has 0 spiro atoms. The lowest BCUT2D eigenvalue weighted by atomic mass is 9.85. The van der Waals surface area contributed by atoms with Crippen LogP contribution in [0.15, 0.2) is 187 Å². The molecule has 6 aromatic carbocycles. The van der Waals surface area contributed by atoms with Crippen LogP contribution in [0.25, 0.3) is 11.6 Å². The van der Waals surface area contributed by atoms with Crippen molar-refractivity contribution in [1.29, 1.82) is 0 Å². The largest absolute Gasteiger partial charge is 0.369 e. The summed E-state index contributed by atoms with van der Waals surface area (Å²) in [7, 11) is 2.02. The minimum Gasteiger partial charge on any atom is -0.369 e. The van der Waals surface area contributed by atoms with Crippen LogP contribution in [0.4, 0.5) is 0 Å². The molecule has 2 atom stereocenters. The number of likely N-dealkylation sites (N-methyl/N-ethyl adjacent to an activating group) is 1. The highest BCUT2D eigenvalue weighted by molar-refractivity contribution is 6.31. The predicted molar refractivity (Wildman–Crippen MR) is 249 cm³/mol. The molecule has 0 aliphatic carbocycles. The molecule has 0 saturated heterocycles. The van der Waals surface area contributed by atoms with E-state index in [1.165, 1.54) is 5.56 Å². The van der Waals surface area contributed by atoms with E-state index in [1.54, 1.807) is 0 Å². The van der Waals surface area contributed by atoms with E-state index in [0.29, 0.717) is 47.2 Å². The maximum atomic E-state index is 13.4. The van der Waals surface area contributed by atoms with Crippen molar-refractivity contribution in [2.45, 2.75) is 18.9 Å². The fourth-order valence-electron chi connectivity index (χ4n) is 6.87. The third kappa shape index (κ3) is 13.2. The molecule has 1 heterocycles. The van der Waals surface area contributed by atoms with Crippen LogP contribution in [0, 0.1) is 5.92 Å². The van der Waals surface area contributed by atoms with Crippen LogP contribution in [-0.4, -0.2) is 49.0 Å². The van der Waals surface area contributed by atoms with Crippen molar-refractivity contribution in [2.75, 3.05) is 26.7 Å². The first-order chi connectivity index (χ1) is 28.2. The van der Waals surface area contributed by atoms with Crippen molar-refractivity contribution in [3.63, 3.8) is 0 Å². The van der Waals surface area contributed by atoms with Crippen molar-refractivity contribution < 1.29 is 9.59 Å². The summed E-state index contributed by atoms with van der Waals surface area (Å²) in [6.07, 6.45) is 2.56. The molecule has 8 heteroatoms. The van der Waals surface area contributed by atoms with Gasteiger partial charge in [-0.1, -0.05) is 175 Å². The third-order valence-corrected chi connectivity index (χ3v) is 10.4. The van der Waals surface area contributed by atoms with Crippen LogP contribution in [-0.2, 0) is 22.6 Å². The Labute approximate surface area is 364 Å². The van der Waals surface area contributed by atoms with Gasteiger partial charge in [0.15, 0.2) is 11.6 Å². The number of hydrogen-bond acceptors (Lipinski definition) is 5. The van der Waals surface area contributed by atoms with Crippen LogP contribution in [0.1, 0.15) is 39.3 Å². The molecular weight excluding hydrogens is 793 g/mol. The molecule has 1 aliphatic heterocycles. The van der Waals surface area contributed by atoms with E-state index in [0.717, 1.165) is 40.2 Å². The van der Waals surface area contributed by atoms with Gasteiger partial charge in [-0.05, 0) is 71.6 Å². The molecule has 0 fully saturated rings. The molecular formula is C51H48Cl3N3O2. The molecule has 0 aromatic heterocycles.